The molecule has 0 saturated carbocycles. The summed E-state index contributed by atoms with van der Waals surface area (Å²) < 4.78 is 5.13. The minimum Gasteiger partial charge on any atom is -0.444 e. The van der Waals surface area contributed by atoms with Crippen LogP contribution in [0.15, 0.2) is 0 Å². The summed E-state index contributed by atoms with van der Waals surface area (Å²) in [6, 6.07) is 0. The Balaban J connectivity index is 3.29. The van der Waals surface area contributed by atoms with Crippen LogP contribution >= 0.6 is 0 Å². The summed E-state index contributed by atoms with van der Waals surface area (Å²) in [4.78, 5) is 11.3. The van der Waals surface area contributed by atoms with E-state index < -0.39 is 5.60 Å². The third-order valence-electron chi connectivity index (χ3n) is 2.17. The second-order valence-corrected chi connectivity index (χ2v) is 5.15. The quantitative estimate of drug-likeness (QED) is 0.545. The summed E-state index contributed by atoms with van der Waals surface area (Å²) >= 11 is 0. The fraction of sp³-hybridized carbons (Fsp3) is 0.786. The average molecular weight is 239 g/mol. The molecule has 17 heavy (non-hydrogen) atoms. The molecule has 0 aromatic heterocycles. The number of alkyl carbamates (subject to hydrolysis) is 1. The number of carbonyl (C=O) groups excluding carboxylic acids is 1. The maximum absolute atomic E-state index is 11.3. The molecule has 0 bridgehead atoms. The molecule has 0 radical (unpaired) electrons. The van der Waals surface area contributed by atoms with E-state index in [0.29, 0.717) is 6.54 Å². The highest BCUT2D eigenvalue weighted by atomic mass is 16.6. The van der Waals surface area contributed by atoms with Gasteiger partial charge < -0.3 is 10.1 Å². The lowest BCUT2D eigenvalue weighted by molar-refractivity contribution is 0.0527. The first-order valence-electron chi connectivity index (χ1n) is 6.36. The Labute approximate surface area is 105 Å². The summed E-state index contributed by atoms with van der Waals surface area (Å²) in [5, 5.41) is 2.75. The van der Waals surface area contributed by atoms with Gasteiger partial charge in [0.1, 0.15) is 5.60 Å². The average Bonchev–Trinajstić information content (AvgIpc) is 2.19. The minimum atomic E-state index is -0.417. The van der Waals surface area contributed by atoms with Gasteiger partial charge in [0, 0.05) is 13.0 Å². The largest absolute Gasteiger partial charge is 0.444 e. The van der Waals surface area contributed by atoms with E-state index in [0.717, 1.165) is 25.7 Å². The lowest BCUT2D eigenvalue weighted by Crippen LogP contribution is -2.32. The van der Waals surface area contributed by atoms with Crippen LogP contribution in [0, 0.1) is 12.3 Å². The molecule has 0 aliphatic carbocycles. The van der Waals surface area contributed by atoms with Crippen LogP contribution in [-0.2, 0) is 4.74 Å². The molecule has 0 atom stereocenters. The third-order valence-corrected chi connectivity index (χ3v) is 2.17. The zero-order valence-corrected chi connectivity index (χ0v) is 11.3. The van der Waals surface area contributed by atoms with Crippen LogP contribution in [0.4, 0.5) is 4.79 Å². The highest BCUT2D eigenvalue weighted by Crippen LogP contribution is 2.07. The number of rotatable bonds is 7. The second kappa shape index (κ2) is 8.92. The highest BCUT2D eigenvalue weighted by Gasteiger charge is 2.15. The number of hydrogen-bond acceptors (Lipinski definition) is 2. The molecule has 1 amide bonds. The van der Waals surface area contributed by atoms with Gasteiger partial charge in [-0.15, -0.1) is 12.3 Å². The zero-order chi connectivity index (χ0) is 13.1. The molecule has 0 fully saturated rings. The lowest BCUT2D eigenvalue weighted by Gasteiger charge is -2.19. The van der Waals surface area contributed by atoms with E-state index in [1.165, 1.54) is 12.8 Å². The van der Waals surface area contributed by atoms with Crippen molar-refractivity contribution in [3.05, 3.63) is 0 Å². The molecule has 3 heteroatoms. The summed E-state index contributed by atoms with van der Waals surface area (Å²) in [5.74, 6) is 2.63. The molecular weight excluding hydrogens is 214 g/mol. The molecule has 0 aromatic rings. The molecule has 0 spiro atoms. The van der Waals surface area contributed by atoms with Crippen molar-refractivity contribution in [2.75, 3.05) is 6.54 Å². The van der Waals surface area contributed by atoms with Gasteiger partial charge >= 0.3 is 6.09 Å². The standard InChI is InChI=1S/C14H25NO2/c1-5-6-7-8-9-10-11-12-15-13(16)17-14(2,3)4/h1H,6-12H2,2-4H3,(H,15,16). The Hall–Kier alpha value is -1.17. The van der Waals surface area contributed by atoms with Crippen LogP contribution < -0.4 is 5.32 Å². The third kappa shape index (κ3) is 12.8. The molecular formula is C14H25NO2. The van der Waals surface area contributed by atoms with Gasteiger partial charge in [0.05, 0.1) is 0 Å². The summed E-state index contributed by atoms with van der Waals surface area (Å²) in [7, 11) is 0. The van der Waals surface area contributed by atoms with Crippen molar-refractivity contribution in [2.24, 2.45) is 0 Å². The van der Waals surface area contributed by atoms with Crippen molar-refractivity contribution in [3.8, 4) is 12.3 Å². The number of unbranched alkanes of at least 4 members (excludes halogenated alkanes) is 5. The summed E-state index contributed by atoms with van der Waals surface area (Å²) in [5.41, 5.74) is -0.417. The molecule has 3 nitrogen and oxygen atoms in total. The van der Waals surface area contributed by atoms with Gasteiger partial charge in [-0.3, -0.25) is 0 Å². The Bertz CT molecular complexity index is 248. The maximum atomic E-state index is 11.3. The van der Waals surface area contributed by atoms with Crippen LogP contribution in [0.2, 0.25) is 0 Å². The van der Waals surface area contributed by atoms with Gasteiger partial charge in [-0.1, -0.05) is 19.3 Å². The van der Waals surface area contributed by atoms with Gasteiger partial charge in [-0.25, -0.2) is 4.79 Å². The van der Waals surface area contributed by atoms with Crippen molar-refractivity contribution in [1.29, 1.82) is 0 Å². The van der Waals surface area contributed by atoms with Gasteiger partial charge in [-0.05, 0) is 33.6 Å². The van der Waals surface area contributed by atoms with Crippen molar-refractivity contribution >= 4 is 6.09 Å². The van der Waals surface area contributed by atoms with Crippen LogP contribution in [-0.4, -0.2) is 18.2 Å². The molecule has 98 valence electrons. The molecule has 0 unspecified atom stereocenters. The Morgan fingerprint density at radius 3 is 2.35 bits per heavy atom. The Kier molecular flexibility index (Phi) is 8.31. The van der Waals surface area contributed by atoms with Crippen molar-refractivity contribution in [3.63, 3.8) is 0 Å². The van der Waals surface area contributed by atoms with Crippen LogP contribution in [0.25, 0.3) is 0 Å². The van der Waals surface area contributed by atoms with Gasteiger partial charge in [-0.2, -0.15) is 0 Å². The van der Waals surface area contributed by atoms with E-state index >= 15 is 0 Å². The van der Waals surface area contributed by atoms with Crippen LogP contribution in [0.5, 0.6) is 0 Å². The first kappa shape index (κ1) is 15.8. The Morgan fingerprint density at radius 2 is 1.76 bits per heavy atom. The first-order chi connectivity index (χ1) is 7.95. The van der Waals surface area contributed by atoms with E-state index in [1.54, 1.807) is 0 Å². The zero-order valence-electron chi connectivity index (χ0n) is 11.3. The molecule has 0 aliphatic heterocycles. The van der Waals surface area contributed by atoms with Crippen molar-refractivity contribution in [1.82, 2.24) is 5.32 Å². The van der Waals surface area contributed by atoms with Crippen molar-refractivity contribution < 1.29 is 9.53 Å². The fourth-order valence-electron chi connectivity index (χ4n) is 1.39. The van der Waals surface area contributed by atoms with Gasteiger partial charge in [0.15, 0.2) is 0 Å². The van der Waals surface area contributed by atoms with Crippen LogP contribution in [0.1, 0.15) is 59.3 Å². The molecule has 0 heterocycles. The highest BCUT2D eigenvalue weighted by molar-refractivity contribution is 5.67. The van der Waals surface area contributed by atoms with E-state index in [1.807, 2.05) is 20.8 Å². The first-order valence-corrected chi connectivity index (χ1v) is 6.36. The molecule has 0 rings (SSSR count). The predicted molar refractivity (Wildman–Crippen MR) is 70.8 cm³/mol. The topological polar surface area (TPSA) is 38.3 Å². The van der Waals surface area contributed by atoms with Crippen molar-refractivity contribution in [2.45, 2.75) is 64.9 Å². The normalized spacial score (nSPS) is 10.7. The minimum absolute atomic E-state index is 0.329. The number of carbonyl (C=O) groups is 1. The Morgan fingerprint density at radius 1 is 1.18 bits per heavy atom. The second-order valence-electron chi connectivity index (χ2n) is 5.15. The molecule has 0 aromatic carbocycles. The van der Waals surface area contributed by atoms with E-state index in [4.69, 9.17) is 11.2 Å². The smallest absolute Gasteiger partial charge is 0.407 e. The fourth-order valence-corrected chi connectivity index (χ4v) is 1.39. The number of hydrogen-bond donors (Lipinski definition) is 1. The number of ether oxygens (including phenoxy) is 1. The summed E-state index contributed by atoms with van der Waals surface area (Å²) in [6.45, 7) is 6.26. The number of amides is 1. The van der Waals surface area contributed by atoms with E-state index in [-0.39, 0.29) is 6.09 Å². The monoisotopic (exact) mass is 239 g/mol. The van der Waals surface area contributed by atoms with E-state index in [9.17, 15) is 4.79 Å². The van der Waals surface area contributed by atoms with Gasteiger partial charge in [0.25, 0.3) is 0 Å². The molecule has 0 aliphatic rings. The molecule has 1 N–H and O–H groups in total. The predicted octanol–water partition coefficient (Wildman–Crippen LogP) is 3.48. The van der Waals surface area contributed by atoms with Gasteiger partial charge in [0.2, 0.25) is 0 Å². The van der Waals surface area contributed by atoms with Crippen LogP contribution in [0.3, 0.4) is 0 Å². The number of nitrogens with one attached hydrogen (secondary N) is 1. The molecule has 0 saturated heterocycles. The lowest BCUT2D eigenvalue weighted by atomic mass is 10.1. The maximum Gasteiger partial charge on any atom is 0.407 e. The SMILES string of the molecule is C#CCCCCCCCNC(=O)OC(C)(C)C. The summed E-state index contributed by atoms with van der Waals surface area (Å²) in [6.07, 6.45) is 11.3. The number of terminal acetylenes is 1. The van der Waals surface area contributed by atoms with E-state index in [2.05, 4.69) is 11.2 Å².